The zero-order chi connectivity index (χ0) is 23.9. The van der Waals surface area contributed by atoms with E-state index in [1.165, 1.54) is 6.42 Å². The maximum atomic E-state index is 13.7. The van der Waals surface area contributed by atoms with Crippen LogP contribution >= 0.6 is 0 Å². The number of nitrogens with zero attached hydrogens (tertiary/aromatic N) is 1. The van der Waals surface area contributed by atoms with E-state index >= 15 is 0 Å². The van der Waals surface area contributed by atoms with Gasteiger partial charge in [0.25, 0.3) is 5.91 Å². The Morgan fingerprint density at radius 3 is 2.35 bits per heavy atom. The molecule has 3 aliphatic rings. The molecule has 2 saturated carbocycles. The molecule has 0 unspecified atom stereocenters. The maximum absolute atomic E-state index is 13.7. The number of carbonyl (C=O) groups excluding carboxylic acids is 2. The lowest BCUT2D eigenvalue weighted by Gasteiger charge is -2.34. The van der Waals surface area contributed by atoms with Crippen LogP contribution < -0.4 is 9.62 Å². The minimum Gasteiger partial charge on any atom is -0.307 e. The van der Waals surface area contributed by atoms with Crippen molar-refractivity contribution in [3.63, 3.8) is 0 Å². The third-order valence-corrected chi connectivity index (χ3v) is 8.41. The number of hydrogen-bond acceptors (Lipinski definition) is 4. The summed E-state index contributed by atoms with van der Waals surface area (Å²) in [6.45, 7) is 0.588. The molecule has 1 amide bonds. The Labute approximate surface area is 201 Å². The molecule has 7 heteroatoms. The van der Waals surface area contributed by atoms with E-state index in [4.69, 9.17) is 0 Å². The monoisotopic (exact) mass is 480 g/mol. The van der Waals surface area contributed by atoms with Gasteiger partial charge < -0.3 is 4.90 Å². The summed E-state index contributed by atoms with van der Waals surface area (Å²) >= 11 is 0. The zero-order valence-electron chi connectivity index (χ0n) is 19.7. The van der Waals surface area contributed by atoms with Crippen molar-refractivity contribution in [3.05, 3.63) is 59.2 Å². The molecule has 2 aliphatic carbocycles. The SMILES string of the molecule is CS(=O)(=O)Nc1ccc2c(c1)C1(CCCCC1)CN2C(=O)c1cccc(C(=O)C2CCCC2)c1. The van der Waals surface area contributed by atoms with E-state index in [1.54, 1.807) is 18.2 Å². The highest BCUT2D eigenvalue weighted by Gasteiger charge is 2.45. The molecule has 0 radical (unpaired) electrons. The topological polar surface area (TPSA) is 83.6 Å². The smallest absolute Gasteiger partial charge is 0.258 e. The van der Waals surface area contributed by atoms with Gasteiger partial charge in [-0.3, -0.25) is 14.3 Å². The second kappa shape index (κ2) is 8.84. The average molecular weight is 481 g/mol. The van der Waals surface area contributed by atoms with Gasteiger partial charge in [-0.15, -0.1) is 0 Å². The van der Waals surface area contributed by atoms with Crippen LogP contribution in [0.2, 0.25) is 0 Å². The molecule has 5 rings (SSSR count). The normalized spacial score (nSPS) is 19.9. The van der Waals surface area contributed by atoms with Crippen molar-refractivity contribution in [2.75, 3.05) is 22.4 Å². The van der Waals surface area contributed by atoms with Crippen LogP contribution in [-0.2, 0) is 15.4 Å². The first-order chi connectivity index (χ1) is 16.3. The summed E-state index contributed by atoms with van der Waals surface area (Å²) in [5.41, 5.74) is 3.42. The predicted molar refractivity (Wildman–Crippen MR) is 134 cm³/mol. The summed E-state index contributed by atoms with van der Waals surface area (Å²) in [6.07, 6.45) is 10.5. The molecule has 1 aliphatic heterocycles. The quantitative estimate of drug-likeness (QED) is 0.589. The van der Waals surface area contributed by atoms with Crippen molar-refractivity contribution in [3.8, 4) is 0 Å². The van der Waals surface area contributed by atoms with Gasteiger partial charge in [0.1, 0.15) is 0 Å². The molecule has 1 spiro atoms. The fourth-order valence-corrected chi connectivity index (χ4v) is 6.72. The summed E-state index contributed by atoms with van der Waals surface area (Å²) in [4.78, 5) is 28.5. The number of rotatable bonds is 5. The van der Waals surface area contributed by atoms with E-state index in [0.29, 0.717) is 23.4 Å². The lowest BCUT2D eigenvalue weighted by atomic mass is 9.70. The minimum absolute atomic E-state index is 0.0733. The predicted octanol–water partition coefficient (Wildman–Crippen LogP) is 5.29. The van der Waals surface area contributed by atoms with Crippen molar-refractivity contribution in [2.24, 2.45) is 5.92 Å². The highest BCUT2D eigenvalue weighted by molar-refractivity contribution is 7.92. The lowest BCUT2D eigenvalue weighted by Crippen LogP contribution is -2.38. The summed E-state index contributed by atoms with van der Waals surface area (Å²) in [5, 5.41) is 0. The van der Waals surface area contributed by atoms with Crippen molar-refractivity contribution in [1.82, 2.24) is 0 Å². The number of hydrogen-bond donors (Lipinski definition) is 1. The van der Waals surface area contributed by atoms with Crippen LogP contribution in [0.4, 0.5) is 11.4 Å². The first-order valence-electron chi connectivity index (χ1n) is 12.3. The van der Waals surface area contributed by atoms with Gasteiger partial charge in [0.05, 0.1) is 6.26 Å². The number of carbonyl (C=O) groups is 2. The number of Topliss-reactive ketones (excluding diaryl/α,β-unsaturated/α-hetero) is 1. The summed E-state index contributed by atoms with van der Waals surface area (Å²) in [5.74, 6) is 0.118. The Morgan fingerprint density at radius 1 is 0.941 bits per heavy atom. The van der Waals surface area contributed by atoms with Crippen LogP contribution in [0.15, 0.2) is 42.5 Å². The standard InChI is InChI=1S/C27H32N2O4S/c1-34(32,33)28-22-12-13-24-23(17-22)27(14-5-2-6-15-27)18-29(24)26(31)21-11-7-10-20(16-21)25(30)19-8-3-4-9-19/h7,10-13,16-17,19,28H,2-6,8-9,14-15,18H2,1H3. The second-order valence-electron chi connectivity index (χ2n) is 10.3. The van der Waals surface area contributed by atoms with E-state index in [1.807, 2.05) is 29.2 Å². The molecule has 1 heterocycles. The third-order valence-electron chi connectivity index (χ3n) is 7.80. The van der Waals surface area contributed by atoms with Gasteiger partial charge in [-0.2, -0.15) is 0 Å². The Kier molecular flexibility index (Phi) is 6.00. The van der Waals surface area contributed by atoms with Crippen molar-refractivity contribution >= 4 is 33.1 Å². The van der Waals surface area contributed by atoms with Crippen LogP contribution in [0.5, 0.6) is 0 Å². The third kappa shape index (κ3) is 4.38. The highest BCUT2D eigenvalue weighted by Crippen LogP contribution is 2.50. The average Bonchev–Trinajstić information content (AvgIpc) is 3.45. The fraction of sp³-hybridized carbons (Fsp3) is 0.481. The Hall–Kier alpha value is -2.67. The van der Waals surface area contributed by atoms with E-state index in [9.17, 15) is 18.0 Å². The Morgan fingerprint density at radius 2 is 1.65 bits per heavy atom. The highest BCUT2D eigenvalue weighted by atomic mass is 32.2. The maximum Gasteiger partial charge on any atom is 0.258 e. The van der Waals surface area contributed by atoms with Gasteiger partial charge in [-0.1, -0.05) is 44.2 Å². The van der Waals surface area contributed by atoms with Crippen LogP contribution in [0.1, 0.15) is 84.1 Å². The van der Waals surface area contributed by atoms with E-state index < -0.39 is 10.0 Å². The Balaban J connectivity index is 1.48. The van der Waals surface area contributed by atoms with Gasteiger partial charge in [0.15, 0.2) is 5.78 Å². The molecule has 180 valence electrons. The molecule has 0 atom stereocenters. The number of benzene rings is 2. The van der Waals surface area contributed by atoms with Gasteiger partial charge in [0.2, 0.25) is 10.0 Å². The molecule has 34 heavy (non-hydrogen) atoms. The van der Waals surface area contributed by atoms with Crippen molar-refractivity contribution in [2.45, 2.75) is 63.2 Å². The van der Waals surface area contributed by atoms with E-state index in [-0.39, 0.29) is 23.0 Å². The van der Waals surface area contributed by atoms with Crippen LogP contribution in [0.3, 0.4) is 0 Å². The Bertz CT molecular complexity index is 1220. The number of ketones is 1. The first-order valence-corrected chi connectivity index (χ1v) is 14.2. The van der Waals surface area contributed by atoms with Gasteiger partial charge >= 0.3 is 0 Å². The number of nitrogens with one attached hydrogen (secondary N) is 1. The molecule has 0 aromatic heterocycles. The number of amides is 1. The molecule has 2 aromatic carbocycles. The van der Waals surface area contributed by atoms with E-state index in [0.717, 1.165) is 68.9 Å². The fourth-order valence-electron chi connectivity index (χ4n) is 6.17. The summed E-state index contributed by atoms with van der Waals surface area (Å²) in [7, 11) is -3.39. The van der Waals surface area contributed by atoms with Crippen LogP contribution in [-0.4, -0.2) is 32.9 Å². The molecule has 0 saturated heterocycles. The number of anilines is 2. The molecule has 1 N–H and O–H groups in total. The van der Waals surface area contributed by atoms with Gasteiger partial charge in [-0.25, -0.2) is 8.42 Å². The number of fused-ring (bicyclic) bond motifs is 2. The molecule has 2 fully saturated rings. The number of sulfonamides is 1. The zero-order valence-corrected chi connectivity index (χ0v) is 20.5. The summed E-state index contributed by atoms with van der Waals surface area (Å²) < 4.78 is 26.2. The van der Waals surface area contributed by atoms with Gasteiger partial charge in [0, 0.05) is 40.4 Å². The molecule has 2 aromatic rings. The lowest BCUT2D eigenvalue weighted by molar-refractivity contribution is 0.0923. The van der Waals surface area contributed by atoms with Crippen molar-refractivity contribution in [1.29, 1.82) is 0 Å². The van der Waals surface area contributed by atoms with Gasteiger partial charge in [-0.05, 0) is 61.6 Å². The second-order valence-corrected chi connectivity index (χ2v) is 12.0. The summed E-state index contributed by atoms with van der Waals surface area (Å²) in [6, 6.07) is 12.7. The van der Waals surface area contributed by atoms with Crippen LogP contribution in [0.25, 0.3) is 0 Å². The molecular weight excluding hydrogens is 448 g/mol. The van der Waals surface area contributed by atoms with E-state index in [2.05, 4.69) is 4.72 Å². The minimum atomic E-state index is -3.39. The van der Waals surface area contributed by atoms with Crippen molar-refractivity contribution < 1.29 is 18.0 Å². The largest absolute Gasteiger partial charge is 0.307 e. The van der Waals surface area contributed by atoms with Crippen LogP contribution in [0, 0.1) is 5.92 Å². The molecule has 0 bridgehead atoms. The molecule has 6 nitrogen and oxygen atoms in total. The molecular formula is C27H32N2O4S. The first kappa shape index (κ1) is 23.1.